The number of rotatable bonds is 12. The van der Waals surface area contributed by atoms with Crippen LogP contribution in [0.5, 0.6) is 11.5 Å². The van der Waals surface area contributed by atoms with Gasteiger partial charge in [-0.25, -0.2) is 4.98 Å². The molecule has 0 saturated heterocycles. The first-order valence-corrected chi connectivity index (χ1v) is 26.2. The van der Waals surface area contributed by atoms with Gasteiger partial charge in [0.15, 0.2) is 0 Å². The molecule has 11 rings (SSSR count). The van der Waals surface area contributed by atoms with Crippen molar-refractivity contribution < 1.29 is 16.2 Å². The Morgan fingerprint density at radius 3 is 1.93 bits per heavy atom. The fourth-order valence-electron chi connectivity index (χ4n) is 10.3. The quantitative estimate of drug-likeness (QED) is 0.0696. The normalized spacial score (nSPS) is 13.2. The molecule has 0 aliphatic rings. The Morgan fingerprint density at radius 2 is 1.19 bits per heavy atom. The van der Waals surface area contributed by atoms with Crippen LogP contribution in [0, 0.1) is 6.33 Å². The molecular weight excluding hydrogens is 915 g/mol. The van der Waals surface area contributed by atoms with Crippen LogP contribution in [0.3, 0.4) is 0 Å². The van der Waals surface area contributed by atoms with E-state index in [9.17, 15) is 0 Å². The van der Waals surface area contributed by atoms with Crippen LogP contribution in [-0.4, -0.2) is 19.1 Å². The van der Waals surface area contributed by atoms with Gasteiger partial charge in [-0.3, -0.25) is 9.55 Å². The van der Waals surface area contributed by atoms with E-state index >= 15 is 0 Å². The second kappa shape index (κ2) is 19.6. The summed E-state index contributed by atoms with van der Waals surface area (Å²) in [6, 6.07) is 51.1. The molecule has 4 heterocycles. The highest BCUT2D eigenvalue weighted by Crippen LogP contribution is 2.41. The number of ether oxygens (including phenoxy) is 1. The van der Waals surface area contributed by atoms with Crippen LogP contribution in [0.2, 0.25) is 0 Å². The van der Waals surface area contributed by atoms with Crippen molar-refractivity contribution in [1.82, 2.24) is 19.1 Å². The number of hydrogen-bond donors (Lipinski definition) is 0. The molecule has 0 amide bonds. The predicted molar refractivity (Wildman–Crippen MR) is 311 cm³/mol. The molecule has 0 unspecified atom stereocenters. The van der Waals surface area contributed by atoms with Crippen LogP contribution in [0.15, 0.2) is 194 Å². The maximum absolute atomic E-state index is 9.06. The highest BCUT2D eigenvalue weighted by Gasteiger charge is 2.24. The van der Waals surface area contributed by atoms with Gasteiger partial charge in [0.2, 0.25) is 6.33 Å². The predicted octanol–water partition coefficient (Wildman–Crippen LogP) is 17.3. The van der Waals surface area contributed by atoms with Crippen LogP contribution in [0.4, 0.5) is 0 Å². The van der Waals surface area contributed by atoms with E-state index in [0.29, 0.717) is 35.8 Å². The van der Waals surface area contributed by atoms with Crippen LogP contribution < -0.4 is 9.30 Å². The zero-order valence-corrected chi connectivity index (χ0v) is 44.6. The number of nitrogens with zero attached hydrogens (tertiary/aromatic N) is 5. The number of aryl methyl sites for hydroxylation is 1. The number of benzene rings is 7. The monoisotopic (exact) mass is 987 g/mol. The number of para-hydroxylation sites is 2. The molecule has 0 fully saturated rings. The first-order valence-electron chi connectivity index (χ1n) is 28.7. The third-order valence-electron chi connectivity index (χ3n) is 14.5. The Labute approximate surface area is 450 Å². The maximum Gasteiger partial charge on any atom is 0.245 e. The zero-order chi connectivity index (χ0) is 56.4. The molecular formula is C69H67N5O. The highest BCUT2D eigenvalue weighted by atomic mass is 16.5. The van der Waals surface area contributed by atoms with E-state index in [1.165, 1.54) is 16.7 Å². The van der Waals surface area contributed by atoms with Crippen LogP contribution in [-0.2, 0) is 29.2 Å². The molecule has 6 nitrogen and oxygen atoms in total. The molecule has 7 aromatic carbocycles. The average Bonchev–Trinajstić information content (AvgIpc) is 3.81. The van der Waals surface area contributed by atoms with Crippen LogP contribution in [0.1, 0.15) is 104 Å². The van der Waals surface area contributed by atoms with Crippen molar-refractivity contribution in [3.8, 4) is 56.5 Å². The Bertz CT molecular complexity index is 4120. The van der Waals surface area contributed by atoms with Gasteiger partial charge in [-0.05, 0) is 134 Å². The molecule has 4 aromatic heterocycles. The van der Waals surface area contributed by atoms with E-state index in [-0.39, 0.29) is 46.0 Å². The van der Waals surface area contributed by atoms with Gasteiger partial charge in [0.1, 0.15) is 23.1 Å². The van der Waals surface area contributed by atoms with Crippen molar-refractivity contribution in [3.63, 3.8) is 0 Å². The van der Waals surface area contributed by atoms with Gasteiger partial charge >= 0.3 is 0 Å². The van der Waals surface area contributed by atoms with Gasteiger partial charge in [0.25, 0.3) is 0 Å². The summed E-state index contributed by atoms with van der Waals surface area (Å²) < 4.78 is 56.9. The molecule has 11 aromatic rings. The van der Waals surface area contributed by atoms with E-state index < -0.39 is 6.04 Å². The van der Waals surface area contributed by atoms with Crippen molar-refractivity contribution in [2.75, 3.05) is 0 Å². The van der Waals surface area contributed by atoms with Gasteiger partial charge in [-0.1, -0.05) is 190 Å². The van der Waals surface area contributed by atoms with Crippen molar-refractivity contribution in [2.45, 2.75) is 104 Å². The Hall–Kier alpha value is -8.09. The largest absolute Gasteiger partial charge is 0.458 e. The number of imidazole rings is 1. The summed E-state index contributed by atoms with van der Waals surface area (Å²) in [6.07, 6.45) is 9.45. The van der Waals surface area contributed by atoms with E-state index in [4.69, 9.17) is 21.6 Å². The van der Waals surface area contributed by atoms with Crippen molar-refractivity contribution in [3.05, 3.63) is 223 Å². The minimum absolute atomic E-state index is 0.0661. The summed E-state index contributed by atoms with van der Waals surface area (Å²) in [5, 5.41) is 2.23. The van der Waals surface area contributed by atoms with Crippen LogP contribution in [0.25, 0.3) is 77.9 Å². The third-order valence-corrected chi connectivity index (χ3v) is 14.5. The number of aromatic nitrogens is 5. The summed E-state index contributed by atoms with van der Waals surface area (Å²) in [5.74, 6) is 2.81. The van der Waals surface area contributed by atoms with Gasteiger partial charge in [-0.2, -0.15) is 0 Å². The minimum Gasteiger partial charge on any atom is -0.458 e. The van der Waals surface area contributed by atoms with Gasteiger partial charge in [-0.15, -0.1) is 0 Å². The molecule has 0 spiro atoms. The second-order valence-corrected chi connectivity index (χ2v) is 22.9. The highest BCUT2D eigenvalue weighted by molar-refractivity contribution is 6.10. The summed E-state index contributed by atoms with van der Waals surface area (Å²) in [7, 11) is 0. The molecule has 0 aliphatic carbocycles. The lowest BCUT2D eigenvalue weighted by atomic mass is 9.78. The fraction of sp³-hybridized carbons (Fsp3) is 0.232. The number of hydrogen-bond acceptors (Lipinski definition) is 3. The summed E-state index contributed by atoms with van der Waals surface area (Å²) in [4.78, 5) is 9.79. The van der Waals surface area contributed by atoms with Gasteiger partial charge in [0.05, 0.1) is 35.5 Å². The summed E-state index contributed by atoms with van der Waals surface area (Å²) in [5.41, 5.74) is 13.5. The average molecular weight is 987 g/mol. The molecule has 374 valence electrons. The Balaban J connectivity index is 0.911. The molecule has 0 radical (unpaired) electrons. The standard InChI is InChI=1S/C69H67N5O/c1-67(2,3)51-34-36-71-66(43-51)74-61-33-30-49(47-21-12-10-13-22-47)41-60(61)59-32-31-54(44-64(59)74)75-55-35-37-70-65(45-55)73-46-72(62-28-16-17-29-63(62)73)38-19-18-25-58-56(48-23-14-11-15-24-48)26-20-27-57(58)50-39-52(68(4,5)6)42-53(40-50)69(7,8)9/h10-17,20-24,26-37,39-45H,18-19,25,38H2,1-9H3/i11D,14D,15D,23D,24D. The third kappa shape index (κ3) is 10.0. The molecule has 0 bridgehead atoms. The lowest BCUT2D eigenvalue weighted by Crippen LogP contribution is -2.32. The molecule has 0 saturated carbocycles. The topological polar surface area (TPSA) is 48.8 Å². The maximum atomic E-state index is 9.06. The van der Waals surface area contributed by atoms with Crippen molar-refractivity contribution in [1.29, 1.82) is 0 Å². The molecule has 0 aliphatic heterocycles. The number of fused-ring (bicyclic) bond motifs is 4. The fourth-order valence-corrected chi connectivity index (χ4v) is 10.3. The SMILES string of the molecule is [2H]c1c([2H])c([2H])c(-c2cccc(-c3cc(C(C)(C)C)cc(C(C)(C)C)c3)c2CCCC[n+]2[c-]n(-c3cc(Oc4ccc5c6cc(-c7ccccc7)ccc6n(-c6cc(C(C)(C)C)ccn6)c5c4)ccn3)c3ccccc32)c([2H])c1[2H]. The molecule has 0 atom stereocenters. The van der Waals surface area contributed by atoms with E-state index in [0.717, 1.165) is 79.3 Å². The van der Waals surface area contributed by atoms with Crippen LogP contribution >= 0.6 is 0 Å². The number of pyridine rings is 2. The number of unbranched alkanes of at least 4 members (excludes halogenated alkanes) is 1. The summed E-state index contributed by atoms with van der Waals surface area (Å²) >= 11 is 0. The molecule has 6 heteroatoms. The van der Waals surface area contributed by atoms with E-state index in [1.807, 2.05) is 59.3 Å². The molecule has 75 heavy (non-hydrogen) atoms. The zero-order valence-electron chi connectivity index (χ0n) is 49.6. The smallest absolute Gasteiger partial charge is 0.245 e. The van der Waals surface area contributed by atoms with Gasteiger partial charge < -0.3 is 13.9 Å². The lowest BCUT2D eigenvalue weighted by molar-refractivity contribution is -0.676. The minimum atomic E-state index is -0.400. The lowest BCUT2D eigenvalue weighted by Gasteiger charge is -2.27. The first kappa shape index (κ1) is 43.3. The first-order chi connectivity index (χ1) is 38.1. The Kier molecular flexibility index (Phi) is 11.3. The summed E-state index contributed by atoms with van der Waals surface area (Å²) in [6.45, 7) is 20.7. The molecule has 0 N–H and O–H groups in total. The second-order valence-electron chi connectivity index (χ2n) is 22.9. The van der Waals surface area contributed by atoms with Crippen molar-refractivity contribution in [2.24, 2.45) is 0 Å². The van der Waals surface area contributed by atoms with E-state index in [1.54, 1.807) is 6.20 Å². The Morgan fingerprint density at radius 1 is 0.507 bits per heavy atom. The van der Waals surface area contributed by atoms with E-state index in [2.05, 4.69) is 181 Å². The van der Waals surface area contributed by atoms with Gasteiger partial charge in [0, 0.05) is 35.3 Å². The van der Waals surface area contributed by atoms with Crippen molar-refractivity contribution >= 4 is 32.8 Å².